The molecule has 0 radical (unpaired) electrons. The quantitative estimate of drug-likeness (QED) is 0.493. The molecule has 0 spiro atoms. The molecule has 1 aliphatic rings. The molecule has 0 aromatic heterocycles. The molecule has 0 bridgehead atoms. The van der Waals surface area contributed by atoms with Crippen LogP contribution in [0.25, 0.3) is 0 Å². The number of aliphatic carboxylic acids is 1. The molecule has 1 saturated carbocycles. The molecule has 2 amide bonds. The van der Waals surface area contributed by atoms with Gasteiger partial charge in [0.25, 0.3) is 11.8 Å². The molecule has 0 heterocycles. The molecule has 7 nitrogen and oxygen atoms in total. The summed E-state index contributed by atoms with van der Waals surface area (Å²) in [4.78, 5) is 35.4. The molecule has 0 saturated heterocycles. The van der Waals surface area contributed by atoms with Gasteiger partial charge < -0.3 is 20.5 Å². The molecule has 170 valence electrons. The van der Waals surface area contributed by atoms with Crippen LogP contribution in [0.1, 0.15) is 46.4 Å². The third-order valence-corrected chi connectivity index (χ3v) is 6.06. The summed E-state index contributed by atoms with van der Waals surface area (Å²) in [5.41, 5.74) is 0.862. The van der Waals surface area contributed by atoms with Crippen LogP contribution in [0.2, 0.25) is 10.0 Å². The number of rotatable bonds is 8. The third kappa shape index (κ3) is 6.61. The third-order valence-electron chi connectivity index (χ3n) is 5.32. The maximum absolute atomic E-state index is 12.3. The molecule has 0 unspecified atom stereocenters. The van der Waals surface area contributed by atoms with E-state index in [1.807, 2.05) is 0 Å². The number of hydrogen-bond acceptors (Lipinski definition) is 4. The van der Waals surface area contributed by atoms with Crippen LogP contribution in [-0.4, -0.2) is 42.1 Å². The first-order chi connectivity index (χ1) is 15.3. The smallest absolute Gasteiger partial charge is 0.306 e. The molecule has 3 N–H and O–H groups in total. The second kappa shape index (κ2) is 11.2. The Balaban J connectivity index is 1.39. The summed E-state index contributed by atoms with van der Waals surface area (Å²) < 4.78 is 5.91. The van der Waals surface area contributed by atoms with Crippen molar-refractivity contribution in [3.05, 3.63) is 63.6 Å². The number of nitrogens with one attached hydrogen (secondary N) is 2. The van der Waals surface area contributed by atoms with E-state index in [2.05, 4.69) is 10.6 Å². The van der Waals surface area contributed by atoms with E-state index < -0.39 is 5.97 Å². The van der Waals surface area contributed by atoms with Crippen molar-refractivity contribution in [2.24, 2.45) is 5.92 Å². The summed E-state index contributed by atoms with van der Waals surface area (Å²) in [6.45, 7) is 0.516. The normalized spacial score (nSPS) is 17.9. The van der Waals surface area contributed by atoms with Crippen LogP contribution in [0.3, 0.4) is 0 Å². The van der Waals surface area contributed by atoms with E-state index in [4.69, 9.17) is 33.0 Å². The molecule has 1 aliphatic carbocycles. The second-order valence-corrected chi connectivity index (χ2v) is 8.41. The highest BCUT2D eigenvalue weighted by atomic mass is 35.5. The van der Waals surface area contributed by atoms with E-state index in [1.165, 1.54) is 6.07 Å². The largest absolute Gasteiger partial charge is 0.490 e. The fourth-order valence-corrected chi connectivity index (χ4v) is 3.80. The Kier molecular flexibility index (Phi) is 8.36. The molecule has 0 atom stereocenters. The van der Waals surface area contributed by atoms with Crippen LogP contribution in [-0.2, 0) is 4.79 Å². The second-order valence-electron chi connectivity index (χ2n) is 7.59. The lowest BCUT2D eigenvalue weighted by Crippen LogP contribution is -2.34. The number of carbonyl (C=O) groups excluding carboxylic acids is 2. The van der Waals surface area contributed by atoms with Gasteiger partial charge in [0.15, 0.2) is 0 Å². The maximum Gasteiger partial charge on any atom is 0.306 e. The van der Waals surface area contributed by atoms with Crippen LogP contribution in [0.15, 0.2) is 42.5 Å². The minimum absolute atomic E-state index is 0.00981. The number of amides is 2. The first-order valence-corrected chi connectivity index (χ1v) is 11.1. The first kappa shape index (κ1) is 23.9. The van der Waals surface area contributed by atoms with Gasteiger partial charge in [0.1, 0.15) is 5.75 Å². The fraction of sp³-hybridized carbons (Fsp3) is 0.348. The number of carbonyl (C=O) groups is 3. The fourth-order valence-electron chi connectivity index (χ4n) is 3.50. The Morgan fingerprint density at radius 3 is 1.97 bits per heavy atom. The predicted molar refractivity (Wildman–Crippen MR) is 122 cm³/mol. The van der Waals surface area contributed by atoms with Crippen molar-refractivity contribution < 1.29 is 24.2 Å². The standard InChI is InChI=1S/C23H24Cl2N2O5/c24-19-10-5-16(13-20(19)25)22(29)27-12-11-26-21(28)14-1-6-17(7-2-14)32-18-8-3-15(4-9-18)23(30)31/h1-2,5-7,10,13,15,18H,3-4,8-9,11-12H2,(H,26,28)(H,27,29)(H,30,31)/t15-,18+. The number of carboxylic acids is 1. The van der Waals surface area contributed by atoms with Crippen molar-refractivity contribution in [3.63, 3.8) is 0 Å². The summed E-state index contributed by atoms with van der Waals surface area (Å²) >= 11 is 11.8. The van der Waals surface area contributed by atoms with Gasteiger partial charge in [-0.2, -0.15) is 0 Å². The van der Waals surface area contributed by atoms with E-state index in [0.717, 1.165) is 0 Å². The minimum atomic E-state index is -0.743. The lowest BCUT2D eigenvalue weighted by Gasteiger charge is -2.26. The highest BCUT2D eigenvalue weighted by Crippen LogP contribution is 2.28. The van der Waals surface area contributed by atoms with Crippen molar-refractivity contribution in [3.8, 4) is 5.75 Å². The van der Waals surface area contributed by atoms with Gasteiger partial charge in [-0.15, -0.1) is 0 Å². The average Bonchev–Trinajstić information content (AvgIpc) is 2.79. The molecule has 3 rings (SSSR count). The maximum atomic E-state index is 12.3. The number of benzene rings is 2. The van der Waals surface area contributed by atoms with Gasteiger partial charge in [-0.3, -0.25) is 14.4 Å². The highest BCUT2D eigenvalue weighted by Gasteiger charge is 2.26. The Bertz CT molecular complexity index is 973. The monoisotopic (exact) mass is 478 g/mol. The summed E-state index contributed by atoms with van der Waals surface area (Å²) in [5, 5.41) is 15.2. The Hall–Kier alpha value is -2.77. The molecule has 1 fully saturated rings. The SMILES string of the molecule is O=C(NCCNC(=O)c1ccc(Cl)c(Cl)c1)c1ccc(O[C@H]2CC[C@@H](C(=O)O)CC2)cc1. The minimum Gasteiger partial charge on any atom is -0.490 e. The molecule has 32 heavy (non-hydrogen) atoms. The molecular formula is C23H24Cl2N2O5. The average molecular weight is 479 g/mol. The van der Waals surface area contributed by atoms with Crippen LogP contribution in [0, 0.1) is 5.92 Å². The lowest BCUT2D eigenvalue weighted by atomic mass is 9.87. The summed E-state index contributed by atoms with van der Waals surface area (Å²) in [5.74, 6) is -0.948. The zero-order chi connectivity index (χ0) is 23.1. The van der Waals surface area contributed by atoms with Gasteiger partial charge in [-0.25, -0.2) is 0 Å². The van der Waals surface area contributed by atoms with Gasteiger partial charge in [-0.05, 0) is 68.1 Å². The zero-order valence-corrected chi connectivity index (χ0v) is 18.8. The number of hydrogen-bond donors (Lipinski definition) is 3. The summed E-state index contributed by atoms with van der Waals surface area (Å²) in [6.07, 6.45) is 2.62. The van der Waals surface area contributed by atoms with Gasteiger partial charge in [0.2, 0.25) is 0 Å². The van der Waals surface area contributed by atoms with Crippen molar-refractivity contribution in [1.82, 2.24) is 10.6 Å². The van der Waals surface area contributed by atoms with Gasteiger partial charge in [-0.1, -0.05) is 23.2 Å². The van der Waals surface area contributed by atoms with Crippen LogP contribution < -0.4 is 15.4 Å². The molecular weight excluding hydrogens is 455 g/mol. The first-order valence-electron chi connectivity index (χ1n) is 10.3. The van der Waals surface area contributed by atoms with Crippen LogP contribution >= 0.6 is 23.2 Å². The molecule has 0 aliphatic heterocycles. The van der Waals surface area contributed by atoms with E-state index in [-0.39, 0.29) is 36.9 Å². The Morgan fingerprint density at radius 2 is 1.41 bits per heavy atom. The summed E-state index contributed by atoms with van der Waals surface area (Å²) in [6, 6.07) is 11.4. The number of carboxylic acid groups (broad SMARTS) is 1. The molecule has 2 aromatic carbocycles. The van der Waals surface area contributed by atoms with Crippen LogP contribution in [0.4, 0.5) is 0 Å². The van der Waals surface area contributed by atoms with Crippen molar-refractivity contribution >= 4 is 41.0 Å². The van der Waals surface area contributed by atoms with E-state index in [0.29, 0.717) is 52.6 Å². The van der Waals surface area contributed by atoms with E-state index >= 15 is 0 Å². The van der Waals surface area contributed by atoms with Crippen molar-refractivity contribution in [2.75, 3.05) is 13.1 Å². The molecule has 2 aromatic rings. The Morgan fingerprint density at radius 1 is 0.844 bits per heavy atom. The predicted octanol–water partition coefficient (Wildman–Crippen LogP) is 4.18. The highest BCUT2D eigenvalue weighted by molar-refractivity contribution is 6.42. The van der Waals surface area contributed by atoms with Crippen LogP contribution in [0.5, 0.6) is 5.75 Å². The lowest BCUT2D eigenvalue weighted by molar-refractivity contribution is -0.143. The Labute approximate surface area is 196 Å². The number of halogens is 2. The van der Waals surface area contributed by atoms with E-state index in [9.17, 15) is 14.4 Å². The number of ether oxygens (including phenoxy) is 1. The van der Waals surface area contributed by atoms with Gasteiger partial charge >= 0.3 is 5.97 Å². The van der Waals surface area contributed by atoms with Gasteiger partial charge in [0.05, 0.1) is 22.1 Å². The van der Waals surface area contributed by atoms with E-state index in [1.54, 1.807) is 36.4 Å². The van der Waals surface area contributed by atoms with Gasteiger partial charge in [0, 0.05) is 24.2 Å². The topological polar surface area (TPSA) is 105 Å². The summed E-state index contributed by atoms with van der Waals surface area (Å²) in [7, 11) is 0. The molecule has 9 heteroatoms. The van der Waals surface area contributed by atoms with Crippen molar-refractivity contribution in [2.45, 2.75) is 31.8 Å². The van der Waals surface area contributed by atoms with Crippen molar-refractivity contribution in [1.29, 1.82) is 0 Å². The zero-order valence-electron chi connectivity index (χ0n) is 17.3.